The van der Waals surface area contributed by atoms with Gasteiger partial charge < -0.3 is 25.0 Å². The van der Waals surface area contributed by atoms with Crippen LogP contribution in [0.25, 0.3) is 10.9 Å². The quantitative estimate of drug-likeness (QED) is 0.361. The van der Waals surface area contributed by atoms with Gasteiger partial charge in [-0.25, -0.2) is 27.2 Å². The summed E-state index contributed by atoms with van der Waals surface area (Å²) in [7, 11) is -3.74. The SMILES string of the molecule is O=S(=O)(CCO)Nc1cc(N2CCC3(CC2)CC3)c2c(Nc3ccc4c(c3)N3CCC(F)(F)CC3CO4)ncnc2c1. The van der Waals surface area contributed by atoms with Gasteiger partial charge in [0.2, 0.25) is 10.0 Å². The lowest BCUT2D eigenvalue weighted by molar-refractivity contribution is -0.0400. The smallest absolute Gasteiger partial charge is 0.251 e. The summed E-state index contributed by atoms with van der Waals surface area (Å²) in [6, 6.07) is 8.74. The summed E-state index contributed by atoms with van der Waals surface area (Å²) in [5, 5.41) is 13.4. The summed E-state index contributed by atoms with van der Waals surface area (Å²) >= 11 is 0. The Kier molecular flexibility index (Phi) is 6.57. The van der Waals surface area contributed by atoms with Gasteiger partial charge in [0, 0.05) is 38.2 Å². The second-order valence-corrected chi connectivity index (χ2v) is 13.9. The number of aromatic nitrogens is 2. The molecule has 1 saturated carbocycles. The predicted octanol–water partition coefficient (Wildman–Crippen LogP) is 4.48. The zero-order valence-electron chi connectivity index (χ0n) is 23.2. The molecule has 224 valence electrons. The van der Waals surface area contributed by atoms with Crippen molar-refractivity contribution in [3.05, 3.63) is 36.7 Å². The van der Waals surface area contributed by atoms with E-state index in [9.17, 15) is 22.3 Å². The summed E-state index contributed by atoms with van der Waals surface area (Å²) in [5.74, 6) is -1.87. The molecule has 4 heterocycles. The number of hydrogen-bond acceptors (Lipinski definition) is 9. The van der Waals surface area contributed by atoms with E-state index in [1.165, 1.54) is 19.2 Å². The third-order valence-corrected chi connectivity index (χ3v) is 10.4. The lowest BCUT2D eigenvalue weighted by atomic mass is 9.93. The fraction of sp³-hybridized carbons (Fsp3) is 0.517. The van der Waals surface area contributed by atoms with Crippen LogP contribution in [-0.4, -0.2) is 74.1 Å². The van der Waals surface area contributed by atoms with Crippen LogP contribution in [0.5, 0.6) is 5.75 Å². The number of hydrogen-bond donors (Lipinski definition) is 3. The van der Waals surface area contributed by atoms with Crippen LogP contribution >= 0.6 is 0 Å². The van der Waals surface area contributed by atoms with E-state index in [0.717, 1.165) is 48.4 Å². The molecular weight excluding hydrogens is 566 g/mol. The van der Waals surface area contributed by atoms with Gasteiger partial charge in [-0.15, -0.1) is 0 Å². The average molecular weight is 601 g/mol. The highest BCUT2D eigenvalue weighted by atomic mass is 32.2. The Balaban J connectivity index is 1.25. The molecular formula is C29H34F2N6O4S. The standard InChI is InChI=1S/C29H34F2N6O4S/c30-29(31)7-10-37-21(16-29)17-41-25-2-1-19(14-23(25)37)34-27-26-22(32-18-33-27)13-20(35-42(39,40)12-11-38)15-24(26)36-8-5-28(3-4-28)6-9-36/h1-2,13-15,18,21,35,38H,3-12,16-17H2,(H,32,33,34). The Morgan fingerprint density at radius 1 is 1.00 bits per heavy atom. The average Bonchev–Trinajstić information content (AvgIpc) is 3.70. The van der Waals surface area contributed by atoms with Crippen molar-refractivity contribution in [1.29, 1.82) is 0 Å². The summed E-state index contributed by atoms with van der Waals surface area (Å²) in [5.41, 5.74) is 3.72. The second kappa shape index (κ2) is 10.1. The van der Waals surface area contributed by atoms with E-state index >= 15 is 0 Å². The number of piperidine rings is 2. The van der Waals surface area contributed by atoms with E-state index in [1.54, 1.807) is 6.07 Å². The zero-order chi connectivity index (χ0) is 29.1. The Morgan fingerprint density at radius 3 is 2.55 bits per heavy atom. The number of nitrogens with zero attached hydrogens (tertiary/aromatic N) is 4. The molecule has 0 radical (unpaired) electrons. The first-order valence-corrected chi connectivity index (χ1v) is 16.1. The molecule has 3 N–H and O–H groups in total. The molecule has 3 aromatic rings. The van der Waals surface area contributed by atoms with Gasteiger partial charge in [-0.2, -0.15) is 0 Å². The molecule has 0 bridgehead atoms. The molecule has 1 aromatic heterocycles. The minimum atomic E-state index is -3.74. The molecule has 0 amide bonds. The number of sulfonamides is 1. The molecule has 13 heteroatoms. The predicted molar refractivity (Wildman–Crippen MR) is 158 cm³/mol. The number of ether oxygens (including phenoxy) is 1. The summed E-state index contributed by atoms with van der Waals surface area (Å²) in [6.07, 6.45) is 5.68. The third-order valence-electron chi connectivity index (χ3n) is 9.13. The second-order valence-electron chi connectivity index (χ2n) is 12.0. The van der Waals surface area contributed by atoms with Crippen LogP contribution in [-0.2, 0) is 10.0 Å². The van der Waals surface area contributed by atoms with Crippen molar-refractivity contribution in [3.63, 3.8) is 0 Å². The topological polar surface area (TPSA) is 120 Å². The molecule has 2 aromatic carbocycles. The van der Waals surface area contributed by atoms with Gasteiger partial charge in [-0.3, -0.25) is 4.72 Å². The number of nitrogens with one attached hydrogen (secondary N) is 2. The maximum absolute atomic E-state index is 14.1. The number of aliphatic hydroxyl groups is 1. The first kappa shape index (κ1) is 27.4. The van der Waals surface area contributed by atoms with E-state index in [-0.39, 0.29) is 32.0 Å². The number of anilines is 5. The van der Waals surface area contributed by atoms with Crippen molar-refractivity contribution in [2.45, 2.75) is 50.5 Å². The van der Waals surface area contributed by atoms with Gasteiger partial charge in [-0.1, -0.05) is 0 Å². The van der Waals surface area contributed by atoms with Gasteiger partial charge in [-0.05, 0) is 61.4 Å². The number of halogens is 2. The molecule has 1 atom stereocenters. The Bertz CT molecular complexity index is 1620. The van der Waals surface area contributed by atoms with Crippen molar-refractivity contribution in [2.24, 2.45) is 5.41 Å². The van der Waals surface area contributed by atoms with Crippen LogP contribution in [0.1, 0.15) is 38.5 Å². The maximum Gasteiger partial charge on any atom is 0.251 e. The van der Waals surface area contributed by atoms with Crippen LogP contribution in [0.2, 0.25) is 0 Å². The number of aliphatic hydroxyl groups excluding tert-OH is 1. The number of fused-ring (bicyclic) bond motifs is 4. The largest absolute Gasteiger partial charge is 0.489 e. The number of alkyl halides is 2. The monoisotopic (exact) mass is 600 g/mol. The van der Waals surface area contributed by atoms with Crippen LogP contribution in [0, 0.1) is 5.41 Å². The first-order chi connectivity index (χ1) is 20.1. The van der Waals surface area contributed by atoms with Crippen molar-refractivity contribution < 1.29 is 27.0 Å². The van der Waals surface area contributed by atoms with E-state index in [4.69, 9.17) is 4.74 Å². The molecule has 7 rings (SSSR count). The highest BCUT2D eigenvalue weighted by molar-refractivity contribution is 7.92. The van der Waals surface area contributed by atoms with Crippen molar-refractivity contribution in [2.75, 3.05) is 58.4 Å². The van der Waals surface area contributed by atoms with Crippen LogP contribution in [0.15, 0.2) is 36.7 Å². The zero-order valence-corrected chi connectivity index (χ0v) is 24.0. The fourth-order valence-electron chi connectivity index (χ4n) is 6.58. The van der Waals surface area contributed by atoms with Crippen LogP contribution in [0.4, 0.5) is 37.3 Å². The fourth-order valence-corrected chi connectivity index (χ4v) is 7.40. The summed E-state index contributed by atoms with van der Waals surface area (Å²) in [6.45, 7) is 1.69. The number of rotatable bonds is 7. The first-order valence-electron chi connectivity index (χ1n) is 14.5. The minimum Gasteiger partial charge on any atom is -0.489 e. The minimum absolute atomic E-state index is 0.192. The lowest BCUT2D eigenvalue weighted by Gasteiger charge is -2.44. The molecule has 10 nitrogen and oxygen atoms in total. The Hall–Kier alpha value is -3.45. The Labute approximate surface area is 243 Å². The van der Waals surface area contributed by atoms with E-state index < -0.39 is 28.3 Å². The molecule has 1 aliphatic carbocycles. The molecule has 4 aliphatic rings. The highest BCUT2D eigenvalue weighted by Crippen LogP contribution is 2.54. The summed E-state index contributed by atoms with van der Waals surface area (Å²) < 4.78 is 61.6. The third kappa shape index (κ3) is 5.28. The summed E-state index contributed by atoms with van der Waals surface area (Å²) in [4.78, 5) is 13.4. The molecule has 1 spiro atoms. The molecule has 42 heavy (non-hydrogen) atoms. The van der Waals surface area contributed by atoms with Gasteiger partial charge in [0.25, 0.3) is 5.92 Å². The van der Waals surface area contributed by atoms with Gasteiger partial charge in [0.15, 0.2) is 0 Å². The molecule has 3 aliphatic heterocycles. The van der Waals surface area contributed by atoms with E-state index in [1.807, 2.05) is 29.2 Å². The van der Waals surface area contributed by atoms with Crippen molar-refractivity contribution in [1.82, 2.24) is 9.97 Å². The van der Waals surface area contributed by atoms with E-state index in [0.29, 0.717) is 28.2 Å². The number of benzene rings is 2. The Morgan fingerprint density at radius 2 is 1.79 bits per heavy atom. The van der Waals surface area contributed by atoms with Crippen molar-refractivity contribution in [3.8, 4) is 5.75 Å². The van der Waals surface area contributed by atoms with E-state index in [2.05, 4.69) is 24.9 Å². The maximum atomic E-state index is 14.1. The van der Waals surface area contributed by atoms with Gasteiger partial charge in [0.05, 0.1) is 46.4 Å². The molecule has 1 unspecified atom stereocenters. The van der Waals surface area contributed by atoms with Crippen LogP contribution < -0.4 is 24.6 Å². The lowest BCUT2D eigenvalue weighted by Crippen LogP contribution is -2.51. The molecule has 3 fully saturated rings. The molecule has 2 saturated heterocycles. The highest BCUT2D eigenvalue weighted by Gasteiger charge is 2.45. The van der Waals surface area contributed by atoms with Crippen LogP contribution in [0.3, 0.4) is 0 Å². The normalized spacial score (nSPS) is 22.3. The van der Waals surface area contributed by atoms with Gasteiger partial charge >= 0.3 is 0 Å². The van der Waals surface area contributed by atoms with Crippen molar-refractivity contribution >= 4 is 49.5 Å². The van der Waals surface area contributed by atoms with Gasteiger partial charge in [0.1, 0.15) is 24.5 Å².